The quantitative estimate of drug-likeness (QED) is 0.572. The lowest BCUT2D eigenvalue weighted by Gasteiger charge is -2.08. The Bertz CT molecular complexity index is 273. The smallest absolute Gasteiger partial charge is 0.167 e. The monoisotopic (exact) mass is 227 g/mol. The molecule has 4 heteroatoms. The molecule has 1 unspecified atom stereocenters. The van der Waals surface area contributed by atoms with E-state index in [1.54, 1.807) is 0 Å². The van der Waals surface area contributed by atoms with Crippen molar-refractivity contribution in [3.05, 3.63) is 12.4 Å². The largest absolute Gasteiger partial charge is 0.329 e. The van der Waals surface area contributed by atoms with Gasteiger partial charge in [0.25, 0.3) is 0 Å². The molecule has 1 rings (SSSR count). The van der Waals surface area contributed by atoms with Crippen LogP contribution in [0.25, 0.3) is 0 Å². The van der Waals surface area contributed by atoms with Gasteiger partial charge in [-0.2, -0.15) is 0 Å². The molecule has 0 aromatic carbocycles. The Hall–Kier alpha value is -0.480. The molecular weight excluding hydrogens is 206 g/mol. The van der Waals surface area contributed by atoms with Crippen molar-refractivity contribution < 1.29 is 0 Å². The summed E-state index contributed by atoms with van der Waals surface area (Å²) in [6.07, 6.45) is 7.66. The van der Waals surface area contributed by atoms with Crippen LogP contribution < -0.4 is 5.32 Å². The van der Waals surface area contributed by atoms with Crippen molar-refractivity contribution >= 4 is 11.8 Å². The Labute approximate surface area is 96.7 Å². The summed E-state index contributed by atoms with van der Waals surface area (Å²) in [6.45, 7) is 2.23. The maximum absolute atomic E-state index is 4.28. The molecule has 0 saturated heterocycles. The van der Waals surface area contributed by atoms with Gasteiger partial charge in [-0.15, -0.1) is 0 Å². The van der Waals surface area contributed by atoms with Gasteiger partial charge in [-0.3, -0.25) is 0 Å². The third-order valence-electron chi connectivity index (χ3n) is 2.53. The van der Waals surface area contributed by atoms with Gasteiger partial charge in [0.2, 0.25) is 0 Å². The van der Waals surface area contributed by atoms with E-state index < -0.39 is 0 Å². The first-order chi connectivity index (χ1) is 7.24. The zero-order chi connectivity index (χ0) is 11.1. The summed E-state index contributed by atoms with van der Waals surface area (Å²) in [4.78, 5) is 4.28. The Balaban J connectivity index is 2.05. The highest BCUT2D eigenvalue weighted by Gasteiger charge is 2.00. The summed E-state index contributed by atoms with van der Waals surface area (Å²) in [5.41, 5.74) is 0. The van der Waals surface area contributed by atoms with Crippen molar-refractivity contribution in [3.8, 4) is 0 Å². The molecule has 1 aromatic rings. The Morgan fingerprint density at radius 3 is 2.93 bits per heavy atom. The highest BCUT2D eigenvalue weighted by molar-refractivity contribution is 7.99. The number of unbranched alkanes of at least 4 members (excludes halogenated alkanes) is 1. The fourth-order valence-corrected chi connectivity index (χ4v) is 2.28. The van der Waals surface area contributed by atoms with Crippen LogP contribution in [0.4, 0.5) is 0 Å². The zero-order valence-corrected chi connectivity index (χ0v) is 10.7. The van der Waals surface area contributed by atoms with Gasteiger partial charge in [0.1, 0.15) is 0 Å². The average Bonchev–Trinajstić information content (AvgIpc) is 2.63. The van der Waals surface area contributed by atoms with E-state index in [0.29, 0.717) is 6.04 Å². The number of nitrogens with zero attached hydrogens (tertiary/aromatic N) is 2. The Morgan fingerprint density at radius 1 is 1.53 bits per heavy atom. The van der Waals surface area contributed by atoms with E-state index in [2.05, 4.69) is 21.8 Å². The normalized spacial score (nSPS) is 13.0. The van der Waals surface area contributed by atoms with Crippen LogP contribution in [0, 0.1) is 0 Å². The van der Waals surface area contributed by atoms with E-state index in [9.17, 15) is 0 Å². The molecule has 0 aliphatic carbocycles. The van der Waals surface area contributed by atoms with Crippen LogP contribution in [0.1, 0.15) is 26.2 Å². The number of nitrogens with one attached hydrogen (secondary N) is 1. The molecule has 86 valence electrons. The third-order valence-corrected chi connectivity index (χ3v) is 3.68. The van der Waals surface area contributed by atoms with Gasteiger partial charge in [0.05, 0.1) is 0 Å². The third kappa shape index (κ3) is 4.71. The molecular formula is C11H21N3S. The van der Waals surface area contributed by atoms with Crippen LogP contribution in [0.3, 0.4) is 0 Å². The van der Waals surface area contributed by atoms with Crippen molar-refractivity contribution in [2.45, 2.75) is 37.4 Å². The van der Waals surface area contributed by atoms with Gasteiger partial charge in [-0.25, -0.2) is 4.98 Å². The number of aryl methyl sites for hydroxylation is 1. The number of rotatable bonds is 7. The molecule has 15 heavy (non-hydrogen) atoms. The molecule has 0 radical (unpaired) electrons. The van der Waals surface area contributed by atoms with Gasteiger partial charge >= 0.3 is 0 Å². The maximum Gasteiger partial charge on any atom is 0.167 e. The molecule has 0 aliphatic rings. The first kappa shape index (κ1) is 12.6. The second-order valence-electron chi connectivity index (χ2n) is 3.85. The van der Waals surface area contributed by atoms with Gasteiger partial charge in [-0.05, 0) is 26.8 Å². The standard InChI is InChI=1S/C11H21N3S/c1-10(12-2)6-4-5-9-15-11-13-7-8-14(11)3/h7-8,10,12H,4-6,9H2,1-3H3. The predicted molar refractivity (Wildman–Crippen MR) is 66.3 cm³/mol. The van der Waals surface area contributed by atoms with Gasteiger partial charge in [-0.1, -0.05) is 18.2 Å². The van der Waals surface area contributed by atoms with Crippen molar-refractivity contribution in [1.82, 2.24) is 14.9 Å². The number of hydrogen-bond donors (Lipinski definition) is 1. The molecule has 1 aromatic heterocycles. The van der Waals surface area contributed by atoms with E-state index in [1.165, 1.54) is 25.0 Å². The number of hydrogen-bond acceptors (Lipinski definition) is 3. The average molecular weight is 227 g/mol. The van der Waals surface area contributed by atoms with E-state index in [-0.39, 0.29) is 0 Å². The molecule has 1 heterocycles. The first-order valence-electron chi connectivity index (χ1n) is 5.51. The van der Waals surface area contributed by atoms with Crippen molar-refractivity contribution in [2.24, 2.45) is 7.05 Å². The highest BCUT2D eigenvalue weighted by atomic mass is 32.2. The summed E-state index contributed by atoms with van der Waals surface area (Å²) in [6, 6.07) is 0.642. The molecule has 0 bridgehead atoms. The predicted octanol–water partition coefficient (Wildman–Crippen LogP) is 2.29. The van der Waals surface area contributed by atoms with Crippen LogP contribution in [-0.2, 0) is 7.05 Å². The van der Waals surface area contributed by atoms with Crippen LogP contribution in [0.2, 0.25) is 0 Å². The van der Waals surface area contributed by atoms with Crippen LogP contribution in [0.5, 0.6) is 0 Å². The second kappa shape index (κ2) is 6.90. The fourth-order valence-electron chi connectivity index (χ4n) is 1.35. The van der Waals surface area contributed by atoms with Crippen LogP contribution >= 0.6 is 11.8 Å². The summed E-state index contributed by atoms with van der Waals surface area (Å²) in [5.74, 6) is 1.17. The van der Waals surface area contributed by atoms with Gasteiger partial charge < -0.3 is 9.88 Å². The molecule has 3 nitrogen and oxygen atoms in total. The van der Waals surface area contributed by atoms with E-state index in [0.717, 1.165) is 5.16 Å². The molecule has 0 amide bonds. The molecule has 0 fully saturated rings. The molecule has 0 spiro atoms. The summed E-state index contributed by atoms with van der Waals surface area (Å²) in [7, 11) is 4.06. The minimum absolute atomic E-state index is 0.642. The minimum Gasteiger partial charge on any atom is -0.329 e. The van der Waals surface area contributed by atoms with Gasteiger partial charge in [0, 0.05) is 31.2 Å². The topological polar surface area (TPSA) is 29.9 Å². The Kier molecular flexibility index (Phi) is 5.79. The lowest BCUT2D eigenvalue weighted by atomic mass is 10.1. The SMILES string of the molecule is CNC(C)CCCCSc1nccn1C. The second-order valence-corrected chi connectivity index (χ2v) is 4.92. The molecule has 0 aliphatic heterocycles. The number of imidazole rings is 1. The lowest BCUT2D eigenvalue weighted by Crippen LogP contribution is -2.20. The zero-order valence-electron chi connectivity index (χ0n) is 9.86. The number of thioether (sulfide) groups is 1. The molecule has 0 saturated carbocycles. The minimum atomic E-state index is 0.642. The Morgan fingerprint density at radius 2 is 2.33 bits per heavy atom. The first-order valence-corrected chi connectivity index (χ1v) is 6.50. The molecule has 1 N–H and O–H groups in total. The fraction of sp³-hybridized carbons (Fsp3) is 0.727. The van der Waals surface area contributed by atoms with Crippen LogP contribution in [0.15, 0.2) is 17.6 Å². The van der Waals surface area contributed by atoms with E-state index >= 15 is 0 Å². The summed E-state index contributed by atoms with van der Waals surface area (Å²) in [5, 5.41) is 4.38. The van der Waals surface area contributed by atoms with Crippen molar-refractivity contribution in [3.63, 3.8) is 0 Å². The summed E-state index contributed by atoms with van der Waals surface area (Å²) < 4.78 is 2.07. The van der Waals surface area contributed by atoms with Gasteiger partial charge in [0.15, 0.2) is 5.16 Å². The van der Waals surface area contributed by atoms with Crippen molar-refractivity contribution in [1.29, 1.82) is 0 Å². The van der Waals surface area contributed by atoms with E-state index in [1.807, 2.05) is 38.3 Å². The van der Waals surface area contributed by atoms with Crippen molar-refractivity contribution in [2.75, 3.05) is 12.8 Å². The van der Waals surface area contributed by atoms with Crippen LogP contribution in [-0.4, -0.2) is 28.4 Å². The summed E-state index contributed by atoms with van der Waals surface area (Å²) >= 11 is 1.84. The lowest BCUT2D eigenvalue weighted by molar-refractivity contribution is 0.538. The maximum atomic E-state index is 4.28. The molecule has 1 atom stereocenters. The van der Waals surface area contributed by atoms with E-state index in [4.69, 9.17) is 0 Å². The highest BCUT2D eigenvalue weighted by Crippen LogP contribution is 2.16. The number of aromatic nitrogens is 2.